The zero-order valence-electron chi connectivity index (χ0n) is 29.8. The molecule has 9 nitrogen and oxygen atoms in total. The average molecular weight is 669 g/mol. The fourth-order valence-electron chi connectivity index (χ4n) is 4.52. The molecule has 0 fully saturated rings. The first kappa shape index (κ1) is 45.3. The van der Waals surface area contributed by atoms with Gasteiger partial charge < -0.3 is 38.3 Å². The summed E-state index contributed by atoms with van der Waals surface area (Å²) in [4.78, 5) is 10.3. The number of carbonyl (C=O) groups is 1. The number of hydrogen-bond acceptors (Lipinski definition) is 8. The van der Waals surface area contributed by atoms with Crippen LogP contribution < -0.4 is 0 Å². The van der Waals surface area contributed by atoms with Crippen molar-refractivity contribution in [3.05, 3.63) is 0 Å². The largest absolute Gasteiger partial charge is 0.480 e. The summed E-state index contributed by atoms with van der Waals surface area (Å²) in [7, 11) is 0. The molecule has 0 bridgehead atoms. The van der Waals surface area contributed by atoms with Gasteiger partial charge in [0.15, 0.2) is 0 Å². The topological polar surface area (TPSA) is 102 Å². The standard InChI is InChI=1S/C38H68O9/c1-2-3-4-5-6-7-8-9-10-11-12-13-14-15-16-17-18-19-20-21-22-23-24-41-25-26-42-27-28-43-29-30-44-31-32-45-33-34-46-35-36-47-37-38(39)40/h2-12,17-37H2,1H3,(H,39,40). The van der Waals surface area contributed by atoms with Crippen molar-refractivity contribution in [1.29, 1.82) is 0 Å². The molecule has 0 aromatic carbocycles. The van der Waals surface area contributed by atoms with Gasteiger partial charge in [0.25, 0.3) is 0 Å². The summed E-state index contributed by atoms with van der Waals surface area (Å²) in [6.45, 7) is 8.51. The molecule has 0 saturated heterocycles. The quantitative estimate of drug-likeness (QED) is 0.0539. The van der Waals surface area contributed by atoms with E-state index < -0.39 is 5.97 Å². The summed E-state index contributed by atoms with van der Waals surface area (Å²) >= 11 is 0. The molecule has 0 unspecified atom stereocenters. The summed E-state index contributed by atoms with van der Waals surface area (Å²) in [5, 5.41) is 8.43. The second-order valence-corrected chi connectivity index (χ2v) is 11.5. The first-order valence-corrected chi connectivity index (χ1v) is 18.5. The molecule has 0 rings (SSSR count). The van der Waals surface area contributed by atoms with Crippen molar-refractivity contribution in [3.8, 4) is 23.7 Å². The molecule has 0 aliphatic carbocycles. The maximum atomic E-state index is 10.3. The lowest BCUT2D eigenvalue weighted by Crippen LogP contribution is -2.15. The van der Waals surface area contributed by atoms with Crippen molar-refractivity contribution in [2.24, 2.45) is 0 Å². The second kappa shape index (κ2) is 42.3. The van der Waals surface area contributed by atoms with Crippen LogP contribution in [0.4, 0.5) is 0 Å². The predicted molar refractivity (Wildman–Crippen MR) is 188 cm³/mol. The number of unbranched alkanes of at least 4 members (excludes halogenated alkanes) is 16. The fourth-order valence-corrected chi connectivity index (χ4v) is 4.52. The number of carboxylic acid groups (broad SMARTS) is 1. The Morgan fingerprint density at radius 1 is 0.404 bits per heavy atom. The van der Waals surface area contributed by atoms with Crippen LogP contribution in [0.25, 0.3) is 0 Å². The molecule has 0 radical (unpaired) electrons. The first-order valence-electron chi connectivity index (χ1n) is 18.5. The molecule has 0 aliphatic rings. The Kier molecular flexibility index (Phi) is 40.8. The van der Waals surface area contributed by atoms with E-state index in [1.807, 2.05) is 0 Å². The maximum absolute atomic E-state index is 10.3. The van der Waals surface area contributed by atoms with Crippen LogP contribution in [-0.4, -0.2) is 104 Å². The van der Waals surface area contributed by atoms with E-state index in [-0.39, 0.29) is 13.2 Å². The number of carboxylic acids is 1. The monoisotopic (exact) mass is 668 g/mol. The van der Waals surface area contributed by atoms with E-state index in [0.717, 1.165) is 25.9 Å². The highest BCUT2D eigenvalue weighted by Gasteiger charge is 1.97. The highest BCUT2D eigenvalue weighted by atomic mass is 16.6. The third-order valence-electron chi connectivity index (χ3n) is 7.19. The summed E-state index contributed by atoms with van der Waals surface area (Å²) in [5.41, 5.74) is 0. The minimum Gasteiger partial charge on any atom is -0.480 e. The van der Waals surface area contributed by atoms with Crippen LogP contribution in [0, 0.1) is 23.7 Å². The van der Waals surface area contributed by atoms with Crippen LogP contribution in [0.2, 0.25) is 0 Å². The summed E-state index contributed by atoms with van der Waals surface area (Å²) in [5.74, 6) is 11.5. The van der Waals surface area contributed by atoms with Crippen molar-refractivity contribution in [2.75, 3.05) is 92.5 Å². The van der Waals surface area contributed by atoms with Crippen molar-refractivity contribution in [2.45, 2.75) is 122 Å². The predicted octanol–water partition coefficient (Wildman–Crippen LogP) is 7.24. The molecule has 47 heavy (non-hydrogen) atoms. The van der Waals surface area contributed by atoms with Gasteiger partial charge in [0.2, 0.25) is 0 Å². The SMILES string of the molecule is CCCCCCCCCCCCC#CC#CCCCCCCCCOCCOCCOCCOCCOCCOCCOCC(=O)O. The van der Waals surface area contributed by atoms with E-state index in [1.54, 1.807) is 0 Å². The third kappa shape index (κ3) is 44.3. The Morgan fingerprint density at radius 3 is 1.06 bits per heavy atom. The van der Waals surface area contributed by atoms with Crippen LogP contribution in [0.3, 0.4) is 0 Å². The van der Waals surface area contributed by atoms with E-state index in [2.05, 4.69) is 30.6 Å². The Hall–Kier alpha value is -1.69. The zero-order chi connectivity index (χ0) is 34.0. The van der Waals surface area contributed by atoms with Crippen LogP contribution >= 0.6 is 0 Å². The van der Waals surface area contributed by atoms with Crippen molar-refractivity contribution >= 4 is 5.97 Å². The van der Waals surface area contributed by atoms with Gasteiger partial charge in [-0.05, 0) is 31.1 Å². The summed E-state index contributed by atoms with van der Waals surface area (Å²) in [6, 6.07) is 0. The van der Waals surface area contributed by atoms with Crippen molar-refractivity contribution < 1.29 is 43.1 Å². The Morgan fingerprint density at radius 2 is 0.702 bits per heavy atom. The van der Waals surface area contributed by atoms with Crippen molar-refractivity contribution in [1.82, 2.24) is 0 Å². The van der Waals surface area contributed by atoms with E-state index in [4.69, 9.17) is 38.3 Å². The highest BCUT2D eigenvalue weighted by Crippen LogP contribution is 2.11. The number of ether oxygens (including phenoxy) is 7. The van der Waals surface area contributed by atoms with Gasteiger partial charge in [-0.15, -0.1) is 0 Å². The summed E-state index contributed by atoms with van der Waals surface area (Å²) in [6.07, 6.45) is 22.8. The molecular weight excluding hydrogens is 600 g/mol. The molecule has 0 aromatic rings. The van der Waals surface area contributed by atoms with Crippen LogP contribution in [0.15, 0.2) is 0 Å². The van der Waals surface area contributed by atoms with E-state index in [9.17, 15) is 4.79 Å². The molecule has 0 amide bonds. The van der Waals surface area contributed by atoms with Gasteiger partial charge in [0.1, 0.15) is 6.61 Å². The van der Waals surface area contributed by atoms with Crippen LogP contribution in [-0.2, 0) is 38.0 Å². The van der Waals surface area contributed by atoms with E-state index in [0.29, 0.717) is 72.7 Å². The normalized spacial score (nSPS) is 10.8. The first-order chi connectivity index (χ1) is 23.3. The molecule has 0 atom stereocenters. The fraction of sp³-hybridized carbons (Fsp3) is 0.868. The summed E-state index contributed by atoms with van der Waals surface area (Å²) < 4.78 is 37.6. The number of rotatable bonds is 38. The maximum Gasteiger partial charge on any atom is 0.329 e. The highest BCUT2D eigenvalue weighted by molar-refractivity contribution is 5.67. The lowest BCUT2D eigenvalue weighted by Gasteiger charge is -2.08. The van der Waals surface area contributed by atoms with Gasteiger partial charge >= 0.3 is 5.97 Å². The van der Waals surface area contributed by atoms with E-state index in [1.165, 1.54) is 96.3 Å². The van der Waals surface area contributed by atoms with E-state index >= 15 is 0 Å². The molecular formula is C38H68O9. The second-order valence-electron chi connectivity index (χ2n) is 11.5. The van der Waals surface area contributed by atoms with Gasteiger partial charge in [0.05, 0.1) is 79.3 Å². The average Bonchev–Trinajstić information content (AvgIpc) is 3.07. The molecule has 0 saturated carbocycles. The minimum absolute atomic E-state index is 0.253. The third-order valence-corrected chi connectivity index (χ3v) is 7.19. The molecule has 274 valence electrons. The van der Waals surface area contributed by atoms with Gasteiger partial charge in [-0.2, -0.15) is 0 Å². The lowest BCUT2D eigenvalue weighted by atomic mass is 10.1. The number of aliphatic carboxylic acids is 1. The molecule has 0 spiro atoms. The molecule has 9 heteroatoms. The smallest absolute Gasteiger partial charge is 0.329 e. The van der Waals surface area contributed by atoms with Gasteiger partial charge in [0, 0.05) is 19.4 Å². The van der Waals surface area contributed by atoms with Gasteiger partial charge in [-0.1, -0.05) is 102 Å². The van der Waals surface area contributed by atoms with Crippen molar-refractivity contribution in [3.63, 3.8) is 0 Å². The van der Waals surface area contributed by atoms with Crippen LogP contribution in [0.1, 0.15) is 122 Å². The van der Waals surface area contributed by atoms with Gasteiger partial charge in [-0.25, -0.2) is 4.79 Å². The molecule has 0 aromatic heterocycles. The van der Waals surface area contributed by atoms with Crippen LogP contribution in [0.5, 0.6) is 0 Å². The molecule has 0 heterocycles. The Balaban J connectivity index is 3.16. The van der Waals surface area contributed by atoms with Gasteiger partial charge in [-0.3, -0.25) is 0 Å². The number of hydrogen-bond donors (Lipinski definition) is 1. The Labute approximate surface area is 287 Å². The molecule has 1 N–H and O–H groups in total. The lowest BCUT2D eigenvalue weighted by molar-refractivity contribution is -0.142. The zero-order valence-corrected chi connectivity index (χ0v) is 29.8. The molecule has 0 aliphatic heterocycles. The Bertz CT molecular complexity index is 754. The minimum atomic E-state index is -0.986.